The Hall–Kier alpha value is -2.04. The van der Waals surface area contributed by atoms with E-state index in [1.807, 2.05) is 28.0 Å². The zero-order valence-corrected chi connectivity index (χ0v) is 14.7. The maximum absolute atomic E-state index is 12.7. The number of carbonyl (C=O) groups excluding carboxylic acids is 2. The summed E-state index contributed by atoms with van der Waals surface area (Å²) in [5.74, 6) is 0.525. The van der Waals surface area contributed by atoms with Crippen LogP contribution in [0.15, 0.2) is 24.3 Å². The van der Waals surface area contributed by atoms with E-state index in [2.05, 4.69) is 11.4 Å². The van der Waals surface area contributed by atoms with Gasteiger partial charge in [0, 0.05) is 37.3 Å². The Morgan fingerprint density at radius 3 is 2.64 bits per heavy atom. The quantitative estimate of drug-likeness (QED) is 0.899. The number of anilines is 1. The van der Waals surface area contributed by atoms with Crippen LogP contribution in [-0.4, -0.2) is 42.5 Å². The normalized spacial score (nSPS) is 23.6. The van der Waals surface area contributed by atoms with Crippen LogP contribution in [0.1, 0.15) is 44.1 Å². The van der Waals surface area contributed by atoms with Crippen LogP contribution in [0.5, 0.6) is 0 Å². The molecule has 1 aliphatic carbocycles. The lowest BCUT2D eigenvalue weighted by atomic mass is 9.88. The highest BCUT2D eigenvalue weighted by atomic mass is 16.2. The van der Waals surface area contributed by atoms with E-state index in [9.17, 15) is 9.59 Å². The number of benzene rings is 1. The Morgan fingerprint density at radius 1 is 1.00 bits per heavy atom. The van der Waals surface area contributed by atoms with Gasteiger partial charge >= 0.3 is 6.03 Å². The zero-order chi connectivity index (χ0) is 17.2. The standard InChI is InChI=1S/C20H27N3O2/c24-19(16-7-2-1-3-8-16)22-12-11-17(14-22)21-20(25)23-13-10-15-6-4-5-9-18(15)23/h4-6,9,16-17H,1-3,7-8,10-14H2,(H,21,25)/t17-/m1/s1. The molecule has 0 radical (unpaired) electrons. The highest BCUT2D eigenvalue weighted by Gasteiger charge is 2.33. The summed E-state index contributed by atoms with van der Waals surface area (Å²) < 4.78 is 0. The molecular weight excluding hydrogens is 314 g/mol. The van der Waals surface area contributed by atoms with Gasteiger partial charge in [0.1, 0.15) is 0 Å². The maximum atomic E-state index is 12.7. The lowest BCUT2D eigenvalue weighted by molar-refractivity contribution is -0.135. The lowest BCUT2D eigenvalue weighted by Gasteiger charge is -2.26. The van der Waals surface area contributed by atoms with Gasteiger partial charge in [-0.1, -0.05) is 37.5 Å². The van der Waals surface area contributed by atoms with Gasteiger partial charge in [-0.3, -0.25) is 9.69 Å². The molecule has 134 valence electrons. The molecule has 0 spiro atoms. The number of hydrogen-bond acceptors (Lipinski definition) is 2. The van der Waals surface area contributed by atoms with E-state index in [0.717, 1.165) is 44.5 Å². The second-order valence-electron chi connectivity index (χ2n) is 7.58. The summed E-state index contributed by atoms with van der Waals surface area (Å²) in [5.41, 5.74) is 2.26. The van der Waals surface area contributed by atoms with Gasteiger partial charge in [0.05, 0.1) is 0 Å². The van der Waals surface area contributed by atoms with Crippen LogP contribution in [0.2, 0.25) is 0 Å². The molecular formula is C20H27N3O2. The molecule has 4 rings (SSSR count). The zero-order valence-electron chi connectivity index (χ0n) is 14.7. The fraction of sp³-hybridized carbons (Fsp3) is 0.600. The first-order chi connectivity index (χ1) is 12.2. The molecule has 0 unspecified atom stereocenters. The van der Waals surface area contributed by atoms with Crippen molar-refractivity contribution >= 4 is 17.6 Å². The third-order valence-corrected chi connectivity index (χ3v) is 5.91. The summed E-state index contributed by atoms with van der Waals surface area (Å²) in [7, 11) is 0. The van der Waals surface area contributed by atoms with Crippen molar-refractivity contribution in [3.63, 3.8) is 0 Å². The van der Waals surface area contributed by atoms with E-state index in [1.165, 1.54) is 24.8 Å². The molecule has 1 saturated heterocycles. The van der Waals surface area contributed by atoms with E-state index < -0.39 is 0 Å². The Balaban J connectivity index is 1.32. The highest BCUT2D eigenvalue weighted by Crippen LogP contribution is 2.28. The first kappa shape index (κ1) is 16.4. The van der Waals surface area contributed by atoms with Crippen molar-refractivity contribution in [1.29, 1.82) is 0 Å². The van der Waals surface area contributed by atoms with Gasteiger partial charge in [-0.25, -0.2) is 4.79 Å². The number of nitrogens with zero attached hydrogens (tertiary/aromatic N) is 2. The van der Waals surface area contributed by atoms with E-state index >= 15 is 0 Å². The van der Waals surface area contributed by atoms with Gasteiger partial charge in [-0.05, 0) is 37.3 Å². The number of amides is 3. The molecule has 2 heterocycles. The highest BCUT2D eigenvalue weighted by molar-refractivity contribution is 5.94. The van der Waals surface area contributed by atoms with Gasteiger partial charge in [0.15, 0.2) is 0 Å². The minimum absolute atomic E-state index is 0.0260. The molecule has 3 amide bonds. The summed E-state index contributed by atoms with van der Waals surface area (Å²) >= 11 is 0. The minimum Gasteiger partial charge on any atom is -0.340 e. The summed E-state index contributed by atoms with van der Waals surface area (Å²) in [6, 6.07) is 8.14. The third kappa shape index (κ3) is 3.37. The van der Waals surface area contributed by atoms with Crippen LogP contribution in [0, 0.1) is 5.92 Å². The van der Waals surface area contributed by atoms with E-state index in [0.29, 0.717) is 12.5 Å². The Kier molecular flexibility index (Phi) is 4.64. The molecule has 1 aromatic rings. The molecule has 1 N–H and O–H groups in total. The Morgan fingerprint density at radius 2 is 1.80 bits per heavy atom. The maximum Gasteiger partial charge on any atom is 0.322 e. The summed E-state index contributed by atoms with van der Waals surface area (Å²) in [5, 5.41) is 3.14. The SMILES string of the molecule is O=C(C1CCCCC1)N1CC[C@@H](NC(=O)N2CCc3ccccc32)C1. The van der Waals surface area contributed by atoms with E-state index in [1.54, 1.807) is 0 Å². The molecule has 0 aromatic heterocycles. The predicted molar refractivity (Wildman–Crippen MR) is 97.6 cm³/mol. The second-order valence-corrected chi connectivity index (χ2v) is 7.58. The Bertz CT molecular complexity index is 654. The van der Waals surface area contributed by atoms with Crippen molar-refractivity contribution in [2.75, 3.05) is 24.5 Å². The van der Waals surface area contributed by atoms with Crippen LogP contribution in [0.25, 0.3) is 0 Å². The van der Waals surface area contributed by atoms with Gasteiger partial charge < -0.3 is 10.2 Å². The van der Waals surface area contributed by atoms with Crippen LogP contribution in [0.4, 0.5) is 10.5 Å². The van der Waals surface area contributed by atoms with Crippen molar-refractivity contribution in [2.24, 2.45) is 5.92 Å². The fourth-order valence-electron chi connectivity index (χ4n) is 4.49. The molecule has 2 fully saturated rings. The molecule has 5 nitrogen and oxygen atoms in total. The van der Waals surface area contributed by atoms with E-state index in [4.69, 9.17) is 0 Å². The van der Waals surface area contributed by atoms with Gasteiger partial charge in [0.25, 0.3) is 0 Å². The lowest BCUT2D eigenvalue weighted by Crippen LogP contribution is -2.46. The smallest absolute Gasteiger partial charge is 0.322 e. The Labute approximate surface area is 149 Å². The largest absolute Gasteiger partial charge is 0.340 e. The molecule has 3 aliphatic rings. The number of likely N-dealkylation sites (tertiary alicyclic amines) is 1. The monoisotopic (exact) mass is 341 g/mol. The topological polar surface area (TPSA) is 52.7 Å². The number of para-hydroxylation sites is 1. The average molecular weight is 341 g/mol. The van der Waals surface area contributed by atoms with Crippen LogP contribution in [0.3, 0.4) is 0 Å². The summed E-state index contributed by atoms with van der Waals surface area (Å²) in [6.07, 6.45) is 7.48. The van der Waals surface area contributed by atoms with Crippen LogP contribution in [-0.2, 0) is 11.2 Å². The second kappa shape index (κ2) is 7.06. The van der Waals surface area contributed by atoms with Crippen LogP contribution < -0.4 is 10.2 Å². The van der Waals surface area contributed by atoms with Crippen molar-refractivity contribution in [2.45, 2.75) is 51.0 Å². The first-order valence-electron chi connectivity index (χ1n) is 9.67. The molecule has 2 aliphatic heterocycles. The number of nitrogens with one attached hydrogen (secondary N) is 1. The summed E-state index contributed by atoms with van der Waals surface area (Å²) in [4.78, 5) is 29.1. The number of carbonyl (C=O) groups is 2. The molecule has 25 heavy (non-hydrogen) atoms. The minimum atomic E-state index is -0.0260. The number of hydrogen-bond donors (Lipinski definition) is 1. The molecule has 1 aromatic carbocycles. The number of urea groups is 1. The van der Waals surface area contributed by atoms with E-state index in [-0.39, 0.29) is 18.0 Å². The van der Waals surface area contributed by atoms with Gasteiger partial charge in [-0.2, -0.15) is 0 Å². The first-order valence-corrected chi connectivity index (χ1v) is 9.67. The van der Waals surface area contributed by atoms with Crippen molar-refractivity contribution in [1.82, 2.24) is 10.2 Å². The van der Waals surface area contributed by atoms with Gasteiger partial charge in [0.2, 0.25) is 5.91 Å². The molecule has 5 heteroatoms. The molecule has 0 bridgehead atoms. The molecule has 1 atom stereocenters. The van der Waals surface area contributed by atoms with Crippen molar-refractivity contribution in [3.05, 3.63) is 29.8 Å². The average Bonchev–Trinajstić information content (AvgIpc) is 3.28. The summed E-state index contributed by atoms with van der Waals surface area (Å²) in [6.45, 7) is 2.18. The predicted octanol–water partition coefficient (Wildman–Crippen LogP) is 2.94. The van der Waals surface area contributed by atoms with Crippen molar-refractivity contribution in [3.8, 4) is 0 Å². The fourth-order valence-corrected chi connectivity index (χ4v) is 4.49. The molecule has 1 saturated carbocycles. The van der Waals surface area contributed by atoms with Gasteiger partial charge in [-0.15, -0.1) is 0 Å². The number of rotatable bonds is 2. The van der Waals surface area contributed by atoms with Crippen molar-refractivity contribution < 1.29 is 9.59 Å². The van der Waals surface area contributed by atoms with Crippen LogP contribution >= 0.6 is 0 Å². The number of fused-ring (bicyclic) bond motifs is 1. The third-order valence-electron chi connectivity index (χ3n) is 5.91.